The fourth-order valence-electron chi connectivity index (χ4n) is 3.94. The van der Waals surface area contributed by atoms with Crippen LogP contribution in [0.4, 0.5) is 0 Å². The van der Waals surface area contributed by atoms with E-state index in [1.165, 1.54) is 11.9 Å². The summed E-state index contributed by atoms with van der Waals surface area (Å²) in [4.78, 5) is 21.7. The van der Waals surface area contributed by atoms with Gasteiger partial charge >= 0.3 is 0 Å². The molecular weight excluding hydrogens is 420 g/mol. The van der Waals surface area contributed by atoms with Crippen molar-refractivity contribution in [3.05, 3.63) is 71.4 Å². The quantitative estimate of drug-likeness (QED) is 0.462. The van der Waals surface area contributed by atoms with E-state index in [9.17, 15) is 4.79 Å². The number of tetrazole rings is 1. The molecule has 5 rings (SSSR count). The second-order valence-electron chi connectivity index (χ2n) is 8.20. The molecule has 10 nitrogen and oxygen atoms in total. The summed E-state index contributed by atoms with van der Waals surface area (Å²) in [5.74, 6) is 1.21. The third-order valence-electron chi connectivity index (χ3n) is 5.84. The highest BCUT2D eigenvalue weighted by Gasteiger charge is 2.24. The van der Waals surface area contributed by atoms with Crippen LogP contribution in [0.1, 0.15) is 27.4 Å². The van der Waals surface area contributed by atoms with Crippen molar-refractivity contribution in [1.82, 2.24) is 40.1 Å². The van der Waals surface area contributed by atoms with Gasteiger partial charge in [0.25, 0.3) is 5.91 Å². The van der Waals surface area contributed by atoms with Gasteiger partial charge in [-0.3, -0.25) is 9.69 Å². The number of piperazine rings is 1. The molecule has 2 aromatic heterocycles. The standard InChI is InChI=1S/C23H24N8O2/c1-16-3-5-18(6-4-16)22-25-21(33-26-22)14-29-9-11-30(12-10-29)23(32)19-7-8-20(17(2)13-19)31-15-24-27-28-31/h3-8,13,15H,9-12,14H2,1-2H3. The Morgan fingerprint density at radius 1 is 1.03 bits per heavy atom. The Hall–Kier alpha value is -3.92. The van der Waals surface area contributed by atoms with Crippen molar-refractivity contribution in [3.8, 4) is 17.1 Å². The van der Waals surface area contributed by atoms with Crippen molar-refractivity contribution in [3.63, 3.8) is 0 Å². The molecule has 1 aliphatic heterocycles. The summed E-state index contributed by atoms with van der Waals surface area (Å²) >= 11 is 0. The number of amides is 1. The Labute approximate surface area is 190 Å². The molecule has 1 amide bonds. The number of carbonyl (C=O) groups excluding carboxylic acids is 1. The van der Waals surface area contributed by atoms with Gasteiger partial charge in [-0.05, 0) is 48.0 Å². The highest BCUT2D eigenvalue weighted by Crippen LogP contribution is 2.19. The largest absolute Gasteiger partial charge is 0.338 e. The summed E-state index contributed by atoms with van der Waals surface area (Å²) in [6.45, 7) is 7.34. The maximum atomic E-state index is 13.0. The van der Waals surface area contributed by atoms with E-state index >= 15 is 0 Å². The molecule has 0 radical (unpaired) electrons. The van der Waals surface area contributed by atoms with Crippen LogP contribution < -0.4 is 0 Å². The first-order valence-corrected chi connectivity index (χ1v) is 10.8. The topological polar surface area (TPSA) is 106 Å². The maximum absolute atomic E-state index is 13.0. The monoisotopic (exact) mass is 444 g/mol. The Bertz CT molecular complexity index is 1240. The second kappa shape index (κ2) is 8.91. The molecule has 0 saturated carbocycles. The van der Waals surface area contributed by atoms with Crippen molar-refractivity contribution in [1.29, 1.82) is 0 Å². The zero-order chi connectivity index (χ0) is 22.8. The zero-order valence-corrected chi connectivity index (χ0v) is 18.5. The molecule has 0 atom stereocenters. The van der Waals surface area contributed by atoms with Crippen molar-refractivity contribution >= 4 is 5.91 Å². The van der Waals surface area contributed by atoms with Gasteiger partial charge < -0.3 is 9.42 Å². The molecule has 168 valence electrons. The van der Waals surface area contributed by atoms with Crippen molar-refractivity contribution in [2.75, 3.05) is 26.2 Å². The van der Waals surface area contributed by atoms with E-state index in [0.29, 0.717) is 36.9 Å². The lowest BCUT2D eigenvalue weighted by Crippen LogP contribution is -2.48. The third-order valence-corrected chi connectivity index (χ3v) is 5.84. The van der Waals surface area contributed by atoms with E-state index in [1.54, 1.807) is 4.68 Å². The van der Waals surface area contributed by atoms with Gasteiger partial charge in [-0.1, -0.05) is 35.0 Å². The van der Waals surface area contributed by atoms with Crippen molar-refractivity contribution in [2.24, 2.45) is 0 Å². The molecule has 1 saturated heterocycles. The molecular formula is C23H24N8O2. The Morgan fingerprint density at radius 2 is 1.82 bits per heavy atom. The van der Waals surface area contributed by atoms with E-state index in [1.807, 2.05) is 61.2 Å². The lowest BCUT2D eigenvalue weighted by molar-refractivity contribution is 0.0615. The summed E-state index contributed by atoms with van der Waals surface area (Å²) in [6.07, 6.45) is 1.54. The molecule has 4 aromatic rings. The van der Waals surface area contributed by atoms with Crippen LogP contribution in [0.5, 0.6) is 0 Å². The summed E-state index contributed by atoms with van der Waals surface area (Å²) in [5.41, 5.74) is 4.58. The van der Waals surface area contributed by atoms with Crippen LogP contribution in [-0.4, -0.2) is 72.2 Å². The Kier molecular flexibility index (Phi) is 5.66. The Morgan fingerprint density at radius 3 is 2.52 bits per heavy atom. The average molecular weight is 444 g/mol. The minimum absolute atomic E-state index is 0.0282. The van der Waals surface area contributed by atoms with Gasteiger partial charge in [0.2, 0.25) is 11.7 Å². The molecule has 0 unspecified atom stereocenters. The number of rotatable bonds is 5. The molecule has 10 heteroatoms. The lowest BCUT2D eigenvalue weighted by atomic mass is 10.1. The summed E-state index contributed by atoms with van der Waals surface area (Å²) in [5, 5.41) is 15.4. The van der Waals surface area contributed by atoms with Gasteiger partial charge in [-0.15, -0.1) is 5.10 Å². The van der Waals surface area contributed by atoms with E-state index < -0.39 is 0 Å². The van der Waals surface area contributed by atoms with Gasteiger partial charge in [0.05, 0.1) is 12.2 Å². The van der Waals surface area contributed by atoms with Crippen LogP contribution in [0.3, 0.4) is 0 Å². The van der Waals surface area contributed by atoms with Gasteiger partial charge in [-0.25, -0.2) is 4.68 Å². The number of carbonyl (C=O) groups is 1. The molecule has 3 heterocycles. The molecule has 1 fully saturated rings. The smallest absolute Gasteiger partial charge is 0.253 e. The molecule has 0 bridgehead atoms. The van der Waals surface area contributed by atoms with Crippen LogP contribution >= 0.6 is 0 Å². The second-order valence-corrected chi connectivity index (χ2v) is 8.20. The van der Waals surface area contributed by atoms with E-state index in [4.69, 9.17) is 4.52 Å². The van der Waals surface area contributed by atoms with Crippen LogP contribution in [0, 0.1) is 13.8 Å². The fourth-order valence-corrected chi connectivity index (χ4v) is 3.94. The predicted molar refractivity (Wildman–Crippen MR) is 120 cm³/mol. The molecule has 33 heavy (non-hydrogen) atoms. The SMILES string of the molecule is Cc1ccc(-c2noc(CN3CCN(C(=O)c4ccc(-n5cnnn5)c(C)c4)CC3)n2)cc1. The van der Waals surface area contributed by atoms with E-state index in [0.717, 1.165) is 29.9 Å². The first-order valence-electron chi connectivity index (χ1n) is 10.8. The molecule has 1 aliphatic rings. The van der Waals surface area contributed by atoms with Crippen LogP contribution in [-0.2, 0) is 6.54 Å². The normalized spacial score (nSPS) is 14.5. The molecule has 0 spiro atoms. The number of nitrogens with zero attached hydrogens (tertiary/aromatic N) is 8. The number of benzene rings is 2. The predicted octanol–water partition coefficient (Wildman–Crippen LogP) is 2.29. The van der Waals surface area contributed by atoms with Gasteiger partial charge in [0.1, 0.15) is 6.33 Å². The van der Waals surface area contributed by atoms with Gasteiger partial charge in [0, 0.05) is 37.3 Å². The maximum Gasteiger partial charge on any atom is 0.253 e. The molecule has 0 N–H and O–H groups in total. The molecule has 0 aliphatic carbocycles. The lowest BCUT2D eigenvalue weighted by Gasteiger charge is -2.34. The number of aryl methyl sites for hydroxylation is 2. The van der Waals surface area contributed by atoms with Crippen LogP contribution in [0.2, 0.25) is 0 Å². The highest BCUT2D eigenvalue weighted by molar-refractivity contribution is 5.94. The summed E-state index contributed by atoms with van der Waals surface area (Å²) in [6, 6.07) is 13.6. The van der Waals surface area contributed by atoms with Gasteiger partial charge in [-0.2, -0.15) is 4.98 Å². The third kappa shape index (κ3) is 4.51. The van der Waals surface area contributed by atoms with E-state index in [-0.39, 0.29) is 5.91 Å². The van der Waals surface area contributed by atoms with Crippen molar-refractivity contribution < 1.29 is 9.32 Å². The van der Waals surface area contributed by atoms with Crippen LogP contribution in [0.25, 0.3) is 17.1 Å². The first kappa shape index (κ1) is 21.0. The average Bonchev–Trinajstić information content (AvgIpc) is 3.52. The van der Waals surface area contributed by atoms with E-state index in [2.05, 4.69) is 30.6 Å². The van der Waals surface area contributed by atoms with Crippen molar-refractivity contribution in [2.45, 2.75) is 20.4 Å². The number of aromatic nitrogens is 6. The summed E-state index contributed by atoms with van der Waals surface area (Å²) < 4.78 is 7.04. The molecule has 2 aromatic carbocycles. The minimum atomic E-state index is 0.0282. The Balaban J connectivity index is 1.18. The number of hydrogen-bond donors (Lipinski definition) is 0. The number of hydrogen-bond acceptors (Lipinski definition) is 8. The first-order chi connectivity index (χ1) is 16.1. The highest BCUT2D eigenvalue weighted by atomic mass is 16.5. The van der Waals surface area contributed by atoms with Crippen LogP contribution in [0.15, 0.2) is 53.3 Å². The summed E-state index contributed by atoms with van der Waals surface area (Å²) in [7, 11) is 0. The van der Waals surface area contributed by atoms with Gasteiger partial charge in [0.15, 0.2) is 0 Å². The fraction of sp³-hybridized carbons (Fsp3) is 0.304. The minimum Gasteiger partial charge on any atom is -0.338 e. The zero-order valence-electron chi connectivity index (χ0n) is 18.5.